The molecule has 51 heavy (non-hydrogen) atoms. The highest BCUT2D eigenvalue weighted by Crippen LogP contribution is 2.52. The van der Waals surface area contributed by atoms with Gasteiger partial charge in [0.15, 0.2) is 5.82 Å². The highest BCUT2D eigenvalue weighted by molar-refractivity contribution is 5.95. The maximum absolute atomic E-state index is 5.08. The van der Waals surface area contributed by atoms with E-state index >= 15 is 0 Å². The van der Waals surface area contributed by atoms with Crippen molar-refractivity contribution in [3.63, 3.8) is 0 Å². The molecule has 3 nitrogen and oxygen atoms in total. The molecular formula is C48H35N3. The SMILES string of the molecule is CC1(C)c2ccccc2-c2c(-c3ncccc3-c3ccc(-c4cc(-c5ccc(-c6ccccc6)cc5)nc(-c5ccccc5)n4)cc3)cccc21. The zero-order valence-electron chi connectivity index (χ0n) is 28.6. The van der Waals surface area contributed by atoms with Gasteiger partial charge in [0.1, 0.15) is 0 Å². The van der Waals surface area contributed by atoms with Crippen molar-refractivity contribution in [1.82, 2.24) is 15.0 Å². The second-order valence-corrected chi connectivity index (χ2v) is 13.6. The summed E-state index contributed by atoms with van der Waals surface area (Å²) in [7, 11) is 0. The van der Waals surface area contributed by atoms with Crippen LogP contribution in [0.2, 0.25) is 0 Å². The summed E-state index contributed by atoms with van der Waals surface area (Å²) in [6, 6.07) is 59.8. The van der Waals surface area contributed by atoms with Crippen molar-refractivity contribution in [1.29, 1.82) is 0 Å². The van der Waals surface area contributed by atoms with Crippen molar-refractivity contribution in [2.24, 2.45) is 0 Å². The number of nitrogens with zero attached hydrogens (tertiary/aromatic N) is 3. The lowest BCUT2D eigenvalue weighted by Crippen LogP contribution is -2.14. The first-order valence-electron chi connectivity index (χ1n) is 17.4. The summed E-state index contributed by atoms with van der Waals surface area (Å²) >= 11 is 0. The van der Waals surface area contributed by atoms with Crippen molar-refractivity contribution < 1.29 is 0 Å². The van der Waals surface area contributed by atoms with Crippen molar-refractivity contribution >= 4 is 0 Å². The Kier molecular flexibility index (Phi) is 7.48. The third-order valence-electron chi connectivity index (χ3n) is 10.2. The lowest BCUT2D eigenvalue weighted by molar-refractivity contribution is 0.660. The van der Waals surface area contributed by atoms with E-state index in [9.17, 15) is 0 Å². The molecule has 8 aromatic rings. The van der Waals surface area contributed by atoms with Gasteiger partial charge in [0.2, 0.25) is 0 Å². The maximum Gasteiger partial charge on any atom is 0.160 e. The van der Waals surface area contributed by atoms with Gasteiger partial charge in [0.25, 0.3) is 0 Å². The molecule has 0 N–H and O–H groups in total. The van der Waals surface area contributed by atoms with Crippen LogP contribution in [0.1, 0.15) is 25.0 Å². The van der Waals surface area contributed by atoms with Crippen LogP contribution in [0.25, 0.3) is 78.5 Å². The standard InChI is InChI=1S/C48H35N3/c1-48(2)41-20-10-9-17-39(41)45-40(18-11-21-42(45)48)46-38(19-12-30-49-46)34-24-28-36(29-25-34)44-31-43(50-47(51-44)37-15-7-4-8-16-37)35-26-22-33(23-27-35)32-13-5-3-6-14-32/h3-31H,1-2H3. The van der Waals surface area contributed by atoms with E-state index in [1.807, 2.05) is 36.5 Å². The monoisotopic (exact) mass is 653 g/mol. The van der Waals surface area contributed by atoms with E-state index in [-0.39, 0.29) is 5.41 Å². The van der Waals surface area contributed by atoms with Gasteiger partial charge in [-0.25, -0.2) is 9.97 Å². The van der Waals surface area contributed by atoms with Crippen LogP contribution in [0, 0.1) is 0 Å². The average Bonchev–Trinajstić information content (AvgIpc) is 3.44. The van der Waals surface area contributed by atoms with E-state index in [4.69, 9.17) is 15.0 Å². The number of hydrogen-bond donors (Lipinski definition) is 0. The first-order chi connectivity index (χ1) is 25.0. The third-order valence-corrected chi connectivity index (χ3v) is 10.2. The number of rotatable bonds is 6. The van der Waals surface area contributed by atoms with Crippen LogP contribution in [0.5, 0.6) is 0 Å². The Morgan fingerprint density at radius 3 is 1.59 bits per heavy atom. The normalized spacial score (nSPS) is 12.7. The Morgan fingerprint density at radius 1 is 0.392 bits per heavy atom. The van der Waals surface area contributed by atoms with E-state index in [1.54, 1.807) is 0 Å². The van der Waals surface area contributed by atoms with Gasteiger partial charge in [-0.05, 0) is 51.1 Å². The third kappa shape index (κ3) is 5.44. The van der Waals surface area contributed by atoms with Gasteiger partial charge in [0.05, 0.1) is 17.1 Å². The van der Waals surface area contributed by atoms with Crippen LogP contribution in [0.3, 0.4) is 0 Å². The van der Waals surface area contributed by atoms with Crippen LogP contribution in [0.4, 0.5) is 0 Å². The topological polar surface area (TPSA) is 38.7 Å². The van der Waals surface area contributed by atoms with Gasteiger partial charge in [-0.1, -0.05) is 172 Å². The molecule has 0 saturated heterocycles. The molecule has 1 aliphatic carbocycles. The van der Waals surface area contributed by atoms with Gasteiger partial charge >= 0.3 is 0 Å². The van der Waals surface area contributed by atoms with Crippen molar-refractivity contribution in [2.45, 2.75) is 19.3 Å². The summed E-state index contributed by atoms with van der Waals surface area (Å²) in [6.07, 6.45) is 1.90. The fourth-order valence-electron chi connectivity index (χ4n) is 7.55. The second kappa shape index (κ2) is 12.5. The van der Waals surface area contributed by atoms with Crippen molar-refractivity contribution in [3.8, 4) is 78.5 Å². The molecule has 0 spiro atoms. The molecule has 0 fully saturated rings. The predicted octanol–water partition coefficient (Wildman–Crippen LogP) is 12.2. The Balaban J connectivity index is 1.11. The lowest BCUT2D eigenvalue weighted by atomic mass is 9.82. The summed E-state index contributed by atoms with van der Waals surface area (Å²) < 4.78 is 0. The number of aromatic nitrogens is 3. The Hall–Kier alpha value is -6.45. The fraction of sp³-hybridized carbons (Fsp3) is 0.0625. The van der Waals surface area contributed by atoms with Crippen LogP contribution in [-0.2, 0) is 5.41 Å². The van der Waals surface area contributed by atoms with Crippen molar-refractivity contribution in [3.05, 3.63) is 187 Å². The molecule has 0 atom stereocenters. The van der Waals surface area contributed by atoms with Crippen LogP contribution >= 0.6 is 0 Å². The first kappa shape index (κ1) is 30.6. The maximum atomic E-state index is 5.08. The zero-order chi connectivity index (χ0) is 34.4. The minimum atomic E-state index is -0.0720. The number of benzene rings is 6. The molecule has 0 bridgehead atoms. The minimum absolute atomic E-state index is 0.0720. The van der Waals surface area contributed by atoms with Gasteiger partial charge in [0, 0.05) is 39.4 Å². The lowest BCUT2D eigenvalue weighted by Gasteiger charge is -2.21. The molecule has 9 rings (SSSR count). The van der Waals surface area contributed by atoms with E-state index < -0.39 is 0 Å². The number of pyridine rings is 1. The van der Waals surface area contributed by atoms with Crippen LogP contribution < -0.4 is 0 Å². The summed E-state index contributed by atoms with van der Waals surface area (Å²) in [5.41, 5.74) is 16.8. The van der Waals surface area contributed by atoms with E-state index in [2.05, 4.69) is 153 Å². The Labute approximate surface area is 299 Å². The fourth-order valence-corrected chi connectivity index (χ4v) is 7.55. The second-order valence-electron chi connectivity index (χ2n) is 13.6. The van der Waals surface area contributed by atoms with Gasteiger partial charge in [-0.3, -0.25) is 4.98 Å². The largest absolute Gasteiger partial charge is 0.256 e. The predicted molar refractivity (Wildman–Crippen MR) is 210 cm³/mol. The molecule has 1 aliphatic rings. The van der Waals surface area contributed by atoms with E-state index in [0.717, 1.165) is 50.5 Å². The molecule has 0 radical (unpaired) electrons. The molecular weight excluding hydrogens is 619 g/mol. The average molecular weight is 654 g/mol. The van der Waals surface area contributed by atoms with Gasteiger partial charge in [-0.15, -0.1) is 0 Å². The molecule has 0 unspecified atom stereocenters. The van der Waals surface area contributed by atoms with Gasteiger partial charge < -0.3 is 0 Å². The molecule has 0 amide bonds. The summed E-state index contributed by atoms with van der Waals surface area (Å²) in [5.74, 6) is 0.704. The Morgan fingerprint density at radius 2 is 0.902 bits per heavy atom. The quantitative estimate of drug-likeness (QED) is 0.179. The van der Waals surface area contributed by atoms with Crippen LogP contribution in [-0.4, -0.2) is 15.0 Å². The summed E-state index contributed by atoms with van der Waals surface area (Å²) in [5, 5.41) is 0. The highest BCUT2D eigenvalue weighted by Gasteiger charge is 2.37. The highest BCUT2D eigenvalue weighted by atomic mass is 14.9. The summed E-state index contributed by atoms with van der Waals surface area (Å²) in [6.45, 7) is 4.64. The summed E-state index contributed by atoms with van der Waals surface area (Å²) in [4.78, 5) is 15.1. The molecule has 242 valence electrons. The molecule has 2 aromatic heterocycles. The van der Waals surface area contributed by atoms with Crippen LogP contribution in [0.15, 0.2) is 176 Å². The number of hydrogen-bond acceptors (Lipinski definition) is 3. The zero-order valence-corrected chi connectivity index (χ0v) is 28.6. The molecule has 2 heterocycles. The van der Waals surface area contributed by atoms with E-state index in [1.165, 1.54) is 33.4 Å². The van der Waals surface area contributed by atoms with Gasteiger partial charge in [-0.2, -0.15) is 0 Å². The Bertz CT molecular complexity index is 2520. The van der Waals surface area contributed by atoms with Crippen molar-refractivity contribution in [2.75, 3.05) is 0 Å². The smallest absolute Gasteiger partial charge is 0.160 e. The molecule has 0 saturated carbocycles. The van der Waals surface area contributed by atoms with E-state index in [0.29, 0.717) is 5.82 Å². The molecule has 6 aromatic carbocycles. The molecule has 3 heteroatoms. The number of fused-ring (bicyclic) bond motifs is 3. The first-order valence-corrected chi connectivity index (χ1v) is 17.4. The minimum Gasteiger partial charge on any atom is -0.256 e. The molecule has 0 aliphatic heterocycles.